The minimum Gasteiger partial charge on any atom is -0.330 e. The molecule has 2 aliphatic rings. The van der Waals surface area contributed by atoms with E-state index in [1.165, 1.54) is 0 Å². The summed E-state index contributed by atoms with van der Waals surface area (Å²) in [6, 6.07) is 0. The number of piperidine rings is 1. The molecule has 2 fully saturated rings. The van der Waals surface area contributed by atoms with Crippen molar-refractivity contribution >= 4 is 10.2 Å². The first kappa shape index (κ1) is 15.0. The van der Waals surface area contributed by atoms with E-state index in [2.05, 4.69) is 0 Å². The van der Waals surface area contributed by atoms with Gasteiger partial charge in [-0.05, 0) is 38.1 Å². The van der Waals surface area contributed by atoms with E-state index < -0.39 is 21.9 Å². The van der Waals surface area contributed by atoms with Crippen molar-refractivity contribution in [1.82, 2.24) is 9.03 Å². The maximum atomic E-state index is 12.7. The third-order valence-corrected chi connectivity index (χ3v) is 5.56. The van der Waals surface area contributed by atoms with E-state index in [4.69, 9.17) is 5.73 Å². The standard InChI is InChI=1S/C10H18F3N3O2S/c11-10(12,13)9(3-4-9)15-19(17,18)16-5-1-8(7-14)2-6-16/h8,15H,1-7,14H2. The fourth-order valence-electron chi connectivity index (χ4n) is 2.27. The highest BCUT2D eigenvalue weighted by Crippen LogP contribution is 2.49. The highest BCUT2D eigenvalue weighted by atomic mass is 32.2. The van der Waals surface area contributed by atoms with Crippen LogP contribution in [0.1, 0.15) is 25.7 Å². The van der Waals surface area contributed by atoms with Gasteiger partial charge < -0.3 is 5.73 Å². The van der Waals surface area contributed by atoms with Crippen molar-refractivity contribution in [2.45, 2.75) is 37.4 Å². The number of nitrogens with two attached hydrogens (primary N) is 1. The van der Waals surface area contributed by atoms with Crippen LogP contribution in [0.4, 0.5) is 13.2 Å². The van der Waals surface area contributed by atoms with Gasteiger partial charge in [-0.2, -0.15) is 30.6 Å². The topological polar surface area (TPSA) is 75.4 Å². The summed E-state index contributed by atoms with van der Waals surface area (Å²) in [6.07, 6.45) is -3.72. The predicted octanol–water partition coefficient (Wildman–Crippen LogP) is 0.586. The molecule has 0 aromatic heterocycles. The number of halogens is 3. The van der Waals surface area contributed by atoms with Gasteiger partial charge >= 0.3 is 6.18 Å². The van der Waals surface area contributed by atoms with Crippen molar-refractivity contribution in [3.05, 3.63) is 0 Å². The van der Waals surface area contributed by atoms with E-state index in [9.17, 15) is 21.6 Å². The zero-order valence-corrected chi connectivity index (χ0v) is 11.2. The van der Waals surface area contributed by atoms with Crippen molar-refractivity contribution in [1.29, 1.82) is 0 Å². The summed E-state index contributed by atoms with van der Waals surface area (Å²) in [6.45, 7) is 0.935. The van der Waals surface area contributed by atoms with Gasteiger partial charge in [0.2, 0.25) is 0 Å². The average molecular weight is 301 g/mol. The molecule has 0 spiro atoms. The monoisotopic (exact) mass is 301 g/mol. The Morgan fingerprint density at radius 2 is 1.79 bits per heavy atom. The fraction of sp³-hybridized carbons (Fsp3) is 1.00. The molecule has 9 heteroatoms. The van der Waals surface area contributed by atoms with E-state index in [0.717, 1.165) is 4.31 Å². The second-order valence-corrected chi connectivity index (χ2v) is 6.94. The number of nitrogens with one attached hydrogen (secondary N) is 1. The Morgan fingerprint density at radius 3 is 2.16 bits per heavy atom. The largest absolute Gasteiger partial charge is 0.407 e. The van der Waals surface area contributed by atoms with Crippen molar-refractivity contribution < 1.29 is 21.6 Å². The Kier molecular flexibility index (Phi) is 3.85. The van der Waals surface area contributed by atoms with Gasteiger partial charge in [0.05, 0.1) is 0 Å². The number of nitrogens with zero attached hydrogens (tertiary/aromatic N) is 1. The molecule has 5 nitrogen and oxygen atoms in total. The summed E-state index contributed by atoms with van der Waals surface area (Å²) in [5, 5.41) is 0. The molecule has 1 saturated heterocycles. The van der Waals surface area contributed by atoms with E-state index in [-0.39, 0.29) is 31.8 Å². The number of hydrogen-bond donors (Lipinski definition) is 2. The van der Waals surface area contributed by atoms with Crippen molar-refractivity contribution in [2.75, 3.05) is 19.6 Å². The highest BCUT2D eigenvalue weighted by Gasteiger charge is 2.65. The number of alkyl halides is 3. The summed E-state index contributed by atoms with van der Waals surface area (Å²) in [5.74, 6) is 0.254. The van der Waals surface area contributed by atoms with Crippen LogP contribution in [0.25, 0.3) is 0 Å². The van der Waals surface area contributed by atoms with E-state index in [1.54, 1.807) is 0 Å². The molecule has 0 aromatic carbocycles. The molecule has 1 heterocycles. The van der Waals surface area contributed by atoms with E-state index in [1.807, 2.05) is 4.72 Å². The first-order valence-electron chi connectivity index (χ1n) is 6.26. The zero-order chi connectivity index (χ0) is 14.3. The number of hydrogen-bond acceptors (Lipinski definition) is 3. The maximum Gasteiger partial charge on any atom is 0.407 e. The lowest BCUT2D eigenvalue weighted by Gasteiger charge is -2.32. The summed E-state index contributed by atoms with van der Waals surface area (Å²) < 4.78 is 65.1. The van der Waals surface area contributed by atoms with Crippen molar-refractivity contribution in [3.8, 4) is 0 Å². The molecular weight excluding hydrogens is 283 g/mol. The third kappa shape index (κ3) is 3.04. The first-order valence-corrected chi connectivity index (χ1v) is 7.70. The lowest BCUT2D eigenvalue weighted by molar-refractivity contribution is -0.161. The molecule has 0 unspecified atom stereocenters. The molecule has 19 heavy (non-hydrogen) atoms. The summed E-state index contributed by atoms with van der Waals surface area (Å²) in [7, 11) is -4.07. The Labute approximate surface area is 110 Å². The second kappa shape index (κ2) is 4.87. The minimum atomic E-state index is -4.53. The van der Waals surface area contributed by atoms with Crippen LogP contribution in [0, 0.1) is 5.92 Å². The van der Waals surface area contributed by atoms with Crippen LogP contribution in [0.5, 0.6) is 0 Å². The molecule has 0 radical (unpaired) electrons. The Balaban J connectivity index is 2.00. The lowest BCUT2D eigenvalue weighted by atomic mass is 9.99. The molecule has 0 atom stereocenters. The Hall–Kier alpha value is -0.380. The zero-order valence-electron chi connectivity index (χ0n) is 10.4. The SMILES string of the molecule is NCC1CCN(S(=O)(=O)NC2(C(F)(F)F)CC2)CC1. The van der Waals surface area contributed by atoms with Gasteiger partial charge in [-0.3, -0.25) is 0 Å². The molecule has 1 aliphatic carbocycles. The normalized spacial score (nSPS) is 25.5. The molecule has 112 valence electrons. The third-order valence-electron chi connectivity index (χ3n) is 3.86. The Morgan fingerprint density at radius 1 is 1.26 bits per heavy atom. The van der Waals surface area contributed by atoms with E-state index in [0.29, 0.717) is 19.4 Å². The molecule has 0 aromatic rings. The van der Waals surface area contributed by atoms with Crippen LogP contribution in [0.15, 0.2) is 0 Å². The lowest BCUT2D eigenvalue weighted by Crippen LogP contribution is -2.54. The summed E-state index contributed by atoms with van der Waals surface area (Å²) >= 11 is 0. The van der Waals surface area contributed by atoms with Crippen molar-refractivity contribution in [2.24, 2.45) is 11.7 Å². The Bertz CT molecular complexity index is 426. The molecule has 3 N–H and O–H groups in total. The molecule has 1 saturated carbocycles. The molecule has 0 bridgehead atoms. The minimum absolute atomic E-state index is 0.186. The van der Waals surface area contributed by atoms with Gasteiger partial charge in [0.15, 0.2) is 0 Å². The van der Waals surface area contributed by atoms with Crippen LogP contribution in [-0.4, -0.2) is 44.1 Å². The predicted molar refractivity (Wildman–Crippen MR) is 63.4 cm³/mol. The van der Waals surface area contributed by atoms with Gasteiger partial charge in [-0.1, -0.05) is 0 Å². The number of rotatable bonds is 4. The van der Waals surface area contributed by atoms with Crippen LogP contribution in [0.2, 0.25) is 0 Å². The van der Waals surface area contributed by atoms with Crippen LogP contribution in [-0.2, 0) is 10.2 Å². The van der Waals surface area contributed by atoms with E-state index >= 15 is 0 Å². The maximum absolute atomic E-state index is 12.7. The van der Waals surface area contributed by atoms with Gasteiger partial charge in [0.25, 0.3) is 10.2 Å². The quantitative estimate of drug-likeness (QED) is 0.798. The first-order chi connectivity index (χ1) is 8.70. The van der Waals surface area contributed by atoms with Gasteiger partial charge in [0.1, 0.15) is 5.54 Å². The summed E-state index contributed by atoms with van der Waals surface area (Å²) in [4.78, 5) is 0. The summed E-state index contributed by atoms with van der Waals surface area (Å²) in [5.41, 5.74) is 3.25. The van der Waals surface area contributed by atoms with Gasteiger partial charge in [-0.25, -0.2) is 0 Å². The molecule has 2 rings (SSSR count). The fourth-order valence-corrected chi connectivity index (χ4v) is 3.90. The van der Waals surface area contributed by atoms with Gasteiger partial charge in [0, 0.05) is 13.1 Å². The molecule has 0 amide bonds. The van der Waals surface area contributed by atoms with Crippen LogP contribution in [0.3, 0.4) is 0 Å². The van der Waals surface area contributed by atoms with Crippen molar-refractivity contribution in [3.63, 3.8) is 0 Å². The van der Waals surface area contributed by atoms with Crippen LogP contribution < -0.4 is 10.5 Å². The smallest absolute Gasteiger partial charge is 0.330 e. The second-order valence-electron chi connectivity index (χ2n) is 5.27. The highest BCUT2D eigenvalue weighted by molar-refractivity contribution is 7.87. The molecule has 1 aliphatic heterocycles. The van der Waals surface area contributed by atoms with Gasteiger partial charge in [-0.15, -0.1) is 0 Å². The molecular formula is C10H18F3N3O2S. The average Bonchev–Trinajstić information content (AvgIpc) is 3.09. The van der Waals surface area contributed by atoms with Crippen LogP contribution >= 0.6 is 0 Å².